The number of amides is 1. The highest BCUT2D eigenvalue weighted by Crippen LogP contribution is 2.34. The fourth-order valence-corrected chi connectivity index (χ4v) is 3.04. The molecule has 0 saturated carbocycles. The summed E-state index contributed by atoms with van der Waals surface area (Å²) in [5.74, 6) is -0.171. The van der Waals surface area contributed by atoms with Gasteiger partial charge in [-0.05, 0) is 42.8 Å². The molecule has 0 radical (unpaired) electrons. The number of nitriles is 1. The molecule has 150 valence electrons. The van der Waals surface area contributed by atoms with E-state index in [1.165, 1.54) is 18.2 Å². The number of benzene rings is 2. The molecule has 1 amide bonds. The number of nitro benzene ring substituents is 1. The predicted molar refractivity (Wildman–Crippen MR) is 114 cm³/mol. The SMILES string of the molecule is Cc1ccc(NC(=O)/C(C#N)=C/c2ccc(-c3cccc(Cl)c3Cl)o2)c([N+](=O)[O-])c1. The molecular formula is C21H13Cl2N3O4. The lowest BCUT2D eigenvalue weighted by Gasteiger charge is -2.06. The summed E-state index contributed by atoms with van der Waals surface area (Å²) < 4.78 is 5.66. The molecule has 0 fully saturated rings. The van der Waals surface area contributed by atoms with E-state index < -0.39 is 10.8 Å². The van der Waals surface area contributed by atoms with Crippen molar-refractivity contribution in [1.82, 2.24) is 0 Å². The maximum Gasteiger partial charge on any atom is 0.293 e. The van der Waals surface area contributed by atoms with Crippen LogP contribution >= 0.6 is 23.2 Å². The molecule has 0 saturated heterocycles. The van der Waals surface area contributed by atoms with Crippen LogP contribution in [0.25, 0.3) is 17.4 Å². The van der Waals surface area contributed by atoms with Crippen molar-refractivity contribution >= 4 is 46.6 Å². The summed E-state index contributed by atoms with van der Waals surface area (Å²) in [5, 5.41) is 23.7. The zero-order chi connectivity index (χ0) is 21.8. The third-order valence-electron chi connectivity index (χ3n) is 4.09. The van der Waals surface area contributed by atoms with Crippen molar-refractivity contribution in [3.63, 3.8) is 0 Å². The normalized spacial score (nSPS) is 11.1. The third kappa shape index (κ3) is 4.51. The minimum atomic E-state index is -0.803. The highest BCUT2D eigenvalue weighted by Gasteiger charge is 2.19. The number of hydrogen-bond donors (Lipinski definition) is 1. The van der Waals surface area contributed by atoms with Crippen LogP contribution in [0.4, 0.5) is 11.4 Å². The molecule has 1 N–H and O–H groups in total. The van der Waals surface area contributed by atoms with Crippen molar-refractivity contribution in [3.05, 3.63) is 85.6 Å². The average Bonchev–Trinajstić information content (AvgIpc) is 3.17. The summed E-state index contributed by atoms with van der Waals surface area (Å²) in [6.07, 6.45) is 1.23. The number of nitrogens with zero attached hydrogens (tertiary/aromatic N) is 2. The van der Waals surface area contributed by atoms with Gasteiger partial charge in [-0.25, -0.2) is 0 Å². The highest BCUT2D eigenvalue weighted by atomic mass is 35.5. The van der Waals surface area contributed by atoms with Gasteiger partial charge in [-0.1, -0.05) is 35.3 Å². The quantitative estimate of drug-likeness (QED) is 0.225. The summed E-state index contributed by atoms with van der Waals surface area (Å²) in [6, 6.07) is 14.4. The molecule has 30 heavy (non-hydrogen) atoms. The summed E-state index contributed by atoms with van der Waals surface area (Å²) in [6.45, 7) is 1.69. The Kier molecular flexibility index (Phi) is 6.21. The monoisotopic (exact) mass is 441 g/mol. The molecule has 0 spiro atoms. The molecule has 3 aromatic rings. The first-order chi connectivity index (χ1) is 14.3. The Balaban J connectivity index is 1.88. The van der Waals surface area contributed by atoms with Crippen LogP contribution in [0.5, 0.6) is 0 Å². The number of aryl methyl sites for hydroxylation is 1. The zero-order valence-corrected chi connectivity index (χ0v) is 17.0. The van der Waals surface area contributed by atoms with Crippen molar-refractivity contribution < 1.29 is 14.1 Å². The molecule has 3 rings (SSSR count). The van der Waals surface area contributed by atoms with Gasteiger partial charge in [-0.15, -0.1) is 0 Å². The fraction of sp³-hybridized carbons (Fsp3) is 0.0476. The van der Waals surface area contributed by atoms with Crippen LogP contribution in [-0.2, 0) is 4.79 Å². The van der Waals surface area contributed by atoms with Crippen LogP contribution in [-0.4, -0.2) is 10.8 Å². The van der Waals surface area contributed by atoms with Gasteiger partial charge in [0.25, 0.3) is 11.6 Å². The minimum Gasteiger partial charge on any atom is -0.457 e. The van der Waals surface area contributed by atoms with E-state index in [1.54, 1.807) is 49.4 Å². The number of anilines is 1. The fourth-order valence-electron chi connectivity index (χ4n) is 2.65. The maximum absolute atomic E-state index is 12.5. The van der Waals surface area contributed by atoms with Crippen LogP contribution in [0.15, 0.2) is 58.5 Å². The Bertz CT molecular complexity index is 1230. The second-order valence-corrected chi connectivity index (χ2v) is 6.99. The van der Waals surface area contributed by atoms with Crippen molar-refractivity contribution in [3.8, 4) is 17.4 Å². The van der Waals surface area contributed by atoms with Gasteiger partial charge < -0.3 is 9.73 Å². The predicted octanol–water partition coefficient (Wildman–Crippen LogP) is 6.02. The minimum absolute atomic E-state index is 0.0115. The summed E-state index contributed by atoms with van der Waals surface area (Å²) in [4.78, 5) is 23.1. The standard InChI is InChI=1S/C21H13Cl2N3O4/c1-12-5-7-17(18(9-12)26(28)29)25-21(27)13(11-24)10-14-6-8-19(30-14)15-3-2-4-16(22)20(15)23/h2-10H,1H3,(H,25,27)/b13-10+. The van der Waals surface area contributed by atoms with E-state index >= 15 is 0 Å². The van der Waals surface area contributed by atoms with Gasteiger partial charge in [-0.2, -0.15) is 5.26 Å². The maximum atomic E-state index is 12.5. The van der Waals surface area contributed by atoms with E-state index in [2.05, 4.69) is 5.32 Å². The molecule has 0 aliphatic rings. The van der Waals surface area contributed by atoms with Crippen LogP contribution in [0, 0.1) is 28.4 Å². The number of nitro groups is 1. The van der Waals surface area contributed by atoms with Crippen molar-refractivity contribution in [2.75, 3.05) is 5.32 Å². The van der Waals surface area contributed by atoms with E-state index in [4.69, 9.17) is 27.6 Å². The van der Waals surface area contributed by atoms with Gasteiger partial charge >= 0.3 is 0 Å². The summed E-state index contributed by atoms with van der Waals surface area (Å²) in [7, 11) is 0. The van der Waals surface area contributed by atoms with Gasteiger partial charge in [0.05, 0.1) is 15.0 Å². The zero-order valence-electron chi connectivity index (χ0n) is 15.5. The van der Waals surface area contributed by atoms with E-state index in [-0.39, 0.29) is 22.7 Å². The van der Waals surface area contributed by atoms with Gasteiger partial charge in [0.2, 0.25) is 0 Å². The van der Waals surface area contributed by atoms with E-state index in [9.17, 15) is 20.2 Å². The van der Waals surface area contributed by atoms with Crippen LogP contribution in [0.3, 0.4) is 0 Å². The van der Waals surface area contributed by atoms with Crippen molar-refractivity contribution in [2.24, 2.45) is 0 Å². The second-order valence-electron chi connectivity index (χ2n) is 6.21. The van der Waals surface area contributed by atoms with E-state index in [0.29, 0.717) is 26.9 Å². The summed E-state index contributed by atoms with van der Waals surface area (Å²) in [5.41, 5.74) is 0.655. The van der Waals surface area contributed by atoms with E-state index in [1.807, 2.05) is 0 Å². The van der Waals surface area contributed by atoms with E-state index in [0.717, 1.165) is 0 Å². The Hall–Kier alpha value is -3.60. The number of nitrogens with one attached hydrogen (secondary N) is 1. The number of rotatable bonds is 5. The lowest BCUT2D eigenvalue weighted by Crippen LogP contribution is -2.14. The highest BCUT2D eigenvalue weighted by molar-refractivity contribution is 6.43. The molecule has 0 aliphatic carbocycles. The van der Waals surface area contributed by atoms with Crippen molar-refractivity contribution in [1.29, 1.82) is 5.26 Å². The molecular weight excluding hydrogens is 429 g/mol. The number of halogens is 2. The first-order valence-electron chi connectivity index (χ1n) is 8.52. The van der Waals surface area contributed by atoms with Gasteiger partial charge in [-0.3, -0.25) is 14.9 Å². The third-order valence-corrected chi connectivity index (χ3v) is 4.91. The van der Waals surface area contributed by atoms with Crippen LogP contribution < -0.4 is 5.32 Å². The lowest BCUT2D eigenvalue weighted by atomic mass is 10.1. The second kappa shape index (κ2) is 8.82. The van der Waals surface area contributed by atoms with Crippen LogP contribution in [0.1, 0.15) is 11.3 Å². The van der Waals surface area contributed by atoms with Gasteiger partial charge in [0.15, 0.2) is 0 Å². The molecule has 1 heterocycles. The van der Waals surface area contributed by atoms with Gasteiger partial charge in [0, 0.05) is 17.7 Å². The summed E-state index contributed by atoms with van der Waals surface area (Å²) >= 11 is 12.2. The molecule has 1 aromatic heterocycles. The molecule has 0 unspecified atom stereocenters. The molecule has 2 aromatic carbocycles. The Labute approximate surface area is 181 Å². The lowest BCUT2D eigenvalue weighted by molar-refractivity contribution is -0.384. The topological polar surface area (TPSA) is 109 Å². The molecule has 0 aliphatic heterocycles. The number of furan rings is 1. The Morgan fingerprint density at radius 3 is 2.70 bits per heavy atom. The molecule has 0 atom stereocenters. The number of carbonyl (C=O) groups excluding carboxylic acids is 1. The molecule has 9 heteroatoms. The molecule has 0 bridgehead atoms. The largest absolute Gasteiger partial charge is 0.457 e. The van der Waals surface area contributed by atoms with Crippen LogP contribution in [0.2, 0.25) is 10.0 Å². The number of hydrogen-bond acceptors (Lipinski definition) is 5. The van der Waals surface area contributed by atoms with Gasteiger partial charge in [0.1, 0.15) is 28.9 Å². The Morgan fingerprint density at radius 2 is 2.00 bits per heavy atom. The Morgan fingerprint density at radius 1 is 1.23 bits per heavy atom. The first-order valence-corrected chi connectivity index (χ1v) is 9.28. The smallest absolute Gasteiger partial charge is 0.293 e. The first kappa shape index (κ1) is 21.1. The average molecular weight is 442 g/mol. The number of carbonyl (C=O) groups is 1. The molecule has 7 nitrogen and oxygen atoms in total. The van der Waals surface area contributed by atoms with Crippen molar-refractivity contribution in [2.45, 2.75) is 6.92 Å².